The summed E-state index contributed by atoms with van der Waals surface area (Å²) in [6, 6.07) is 9.23. The number of benzene rings is 1. The molecule has 0 saturated carbocycles. The molecule has 21 heavy (non-hydrogen) atoms. The molecular weight excluding hydrogens is 270 g/mol. The zero-order chi connectivity index (χ0) is 14.8. The van der Waals surface area contributed by atoms with Gasteiger partial charge in [-0.05, 0) is 25.0 Å². The molecule has 3 rings (SSSR count). The molecule has 1 aromatic rings. The zero-order valence-corrected chi connectivity index (χ0v) is 12.0. The third-order valence-corrected chi connectivity index (χ3v) is 4.37. The van der Waals surface area contributed by atoms with Gasteiger partial charge in [-0.25, -0.2) is 4.79 Å². The Kier molecular flexibility index (Phi) is 3.92. The Bertz CT molecular complexity index is 530. The van der Waals surface area contributed by atoms with Crippen molar-refractivity contribution < 1.29 is 19.1 Å². The Morgan fingerprint density at radius 2 is 1.95 bits per heavy atom. The molecule has 2 aliphatic heterocycles. The number of piperidine rings is 1. The van der Waals surface area contributed by atoms with Gasteiger partial charge >= 0.3 is 11.9 Å². The molecule has 112 valence electrons. The minimum Gasteiger partial charge on any atom is -0.469 e. The summed E-state index contributed by atoms with van der Waals surface area (Å²) in [4.78, 5) is 24.2. The molecule has 5 heteroatoms. The van der Waals surface area contributed by atoms with Crippen LogP contribution in [0.1, 0.15) is 29.6 Å². The molecule has 2 saturated heterocycles. The van der Waals surface area contributed by atoms with Crippen LogP contribution in [-0.2, 0) is 14.3 Å². The summed E-state index contributed by atoms with van der Waals surface area (Å²) < 4.78 is 10.5. The van der Waals surface area contributed by atoms with E-state index in [0.29, 0.717) is 18.0 Å². The van der Waals surface area contributed by atoms with Crippen molar-refractivity contribution in [2.45, 2.75) is 37.5 Å². The first-order valence-corrected chi connectivity index (χ1v) is 7.29. The summed E-state index contributed by atoms with van der Waals surface area (Å²) in [6.45, 7) is 0. The summed E-state index contributed by atoms with van der Waals surface area (Å²) in [7, 11) is 1.37. The van der Waals surface area contributed by atoms with Crippen molar-refractivity contribution in [3.8, 4) is 0 Å². The van der Waals surface area contributed by atoms with Gasteiger partial charge in [0.15, 0.2) is 0 Å². The van der Waals surface area contributed by atoms with Crippen molar-refractivity contribution in [2.24, 2.45) is 5.92 Å². The van der Waals surface area contributed by atoms with Crippen LogP contribution in [-0.4, -0.2) is 37.2 Å². The lowest BCUT2D eigenvalue weighted by molar-refractivity contribution is -0.152. The third-order valence-electron chi connectivity index (χ3n) is 4.37. The maximum Gasteiger partial charge on any atom is 0.338 e. The highest BCUT2D eigenvalue weighted by molar-refractivity contribution is 5.89. The fraction of sp³-hybridized carbons (Fsp3) is 0.500. The second kappa shape index (κ2) is 5.85. The average molecular weight is 289 g/mol. The maximum absolute atomic E-state index is 12.2. The van der Waals surface area contributed by atoms with Gasteiger partial charge in [0.25, 0.3) is 0 Å². The first-order chi connectivity index (χ1) is 10.2. The van der Waals surface area contributed by atoms with Crippen LogP contribution in [0.3, 0.4) is 0 Å². The topological polar surface area (TPSA) is 64.6 Å². The van der Waals surface area contributed by atoms with Crippen LogP contribution in [0.4, 0.5) is 0 Å². The van der Waals surface area contributed by atoms with Gasteiger partial charge in [0.1, 0.15) is 12.0 Å². The standard InChI is InChI=1S/C16H19NO4/c1-20-16(19)14-12-8-7-11(17-12)9-13(14)21-15(18)10-5-3-2-4-6-10/h2-6,11-14,17H,7-9H2,1H3/t11-,12?,13?,14?/m1/s1. The number of esters is 2. The zero-order valence-electron chi connectivity index (χ0n) is 12.0. The van der Waals surface area contributed by atoms with Gasteiger partial charge in [-0.1, -0.05) is 18.2 Å². The summed E-state index contributed by atoms with van der Waals surface area (Å²) >= 11 is 0. The molecule has 1 aromatic carbocycles. The second-order valence-electron chi connectivity index (χ2n) is 5.64. The van der Waals surface area contributed by atoms with Gasteiger partial charge in [0.2, 0.25) is 0 Å². The molecule has 2 aliphatic rings. The highest BCUT2D eigenvalue weighted by atomic mass is 16.6. The van der Waals surface area contributed by atoms with Gasteiger partial charge < -0.3 is 14.8 Å². The molecule has 2 heterocycles. The fourth-order valence-corrected chi connectivity index (χ4v) is 3.36. The summed E-state index contributed by atoms with van der Waals surface area (Å²) in [5, 5.41) is 3.41. The first kappa shape index (κ1) is 14.1. The van der Waals surface area contributed by atoms with Gasteiger partial charge in [0.05, 0.1) is 12.7 Å². The highest BCUT2D eigenvalue weighted by Gasteiger charge is 2.47. The number of hydrogen-bond acceptors (Lipinski definition) is 5. The third kappa shape index (κ3) is 2.78. The number of methoxy groups -OCH3 is 1. The van der Waals surface area contributed by atoms with E-state index >= 15 is 0 Å². The maximum atomic E-state index is 12.2. The lowest BCUT2D eigenvalue weighted by Crippen LogP contribution is -2.53. The van der Waals surface area contributed by atoms with Crippen molar-refractivity contribution >= 4 is 11.9 Å². The summed E-state index contributed by atoms with van der Waals surface area (Å²) in [5.74, 6) is -1.10. The number of hydrogen-bond donors (Lipinski definition) is 1. The first-order valence-electron chi connectivity index (χ1n) is 7.29. The Morgan fingerprint density at radius 3 is 2.67 bits per heavy atom. The Labute approximate surface area is 123 Å². The molecule has 3 unspecified atom stereocenters. The largest absolute Gasteiger partial charge is 0.469 e. The van der Waals surface area contributed by atoms with Crippen LogP contribution in [0, 0.1) is 5.92 Å². The Morgan fingerprint density at radius 1 is 1.19 bits per heavy atom. The number of carbonyl (C=O) groups excluding carboxylic acids is 2. The second-order valence-corrected chi connectivity index (χ2v) is 5.64. The van der Waals surface area contributed by atoms with Gasteiger partial charge in [-0.3, -0.25) is 4.79 Å². The van der Waals surface area contributed by atoms with E-state index in [9.17, 15) is 9.59 Å². The molecule has 1 N–H and O–H groups in total. The number of rotatable bonds is 3. The van der Waals surface area contributed by atoms with Crippen molar-refractivity contribution in [1.29, 1.82) is 0 Å². The quantitative estimate of drug-likeness (QED) is 0.855. The van der Waals surface area contributed by atoms with Crippen molar-refractivity contribution in [3.05, 3.63) is 35.9 Å². The molecule has 4 atom stereocenters. The van der Waals surface area contributed by atoms with Crippen molar-refractivity contribution in [1.82, 2.24) is 5.32 Å². The fourth-order valence-electron chi connectivity index (χ4n) is 3.36. The molecule has 2 bridgehead atoms. The average Bonchev–Trinajstić information content (AvgIpc) is 2.89. The molecular formula is C16H19NO4. The van der Waals surface area contributed by atoms with E-state index in [4.69, 9.17) is 9.47 Å². The van der Waals surface area contributed by atoms with Crippen molar-refractivity contribution in [2.75, 3.05) is 7.11 Å². The van der Waals surface area contributed by atoms with Crippen molar-refractivity contribution in [3.63, 3.8) is 0 Å². The van der Waals surface area contributed by atoms with Gasteiger partial charge in [-0.15, -0.1) is 0 Å². The summed E-state index contributed by atoms with van der Waals surface area (Å²) in [6.07, 6.45) is 2.18. The molecule has 0 amide bonds. The molecule has 0 aromatic heterocycles. The van der Waals surface area contributed by atoms with Crippen LogP contribution in [0.25, 0.3) is 0 Å². The Balaban J connectivity index is 1.76. The van der Waals surface area contributed by atoms with E-state index in [0.717, 1.165) is 12.8 Å². The predicted molar refractivity (Wildman–Crippen MR) is 75.7 cm³/mol. The van der Waals surface area contributed by atoms with Crippen LogP contribution < -0.4 is 5.32 Å². The van der Waals surface area contributed by atoms with E-state index in [-0.39, 0.29) is 18.0 Å². The van der Waals surface area contributed by atoms with Crippen LogP contribution in [0.5, 0.6) is 0 Å². The molecule has 0 radical (unpaired) electrons. The number of ether oxygens (including phenoxy) is 2. The minimum atomic E-state index is -0.415. The Hall–Kier alpha value is -1.88. The van der Waals surface area contributed by atoms with Gasteiger partial charge in [-0.2, -0.15) is 0 Å². The van der Waals surface area contributed by atoms with Crippen LogP contribution in [0.15, 0.2) is 30.3 Å². The number of carbonyl (C=O) groups is 2. The lowest BCUT2D eigenvalue weighted by Gasteiger charge is -2.35. The number of nitrogens with one attached hydrogen (secondary N) is 1. The van der Waals surface area contributed by atoms with Crippen LogP contribution in [0.2, 0.25) is 0 Å². The van der Waals surface area contributed by atoms with Crippen LogP contribution >= 0.6 is 0 Å². The van der Waals surface area contributed by atoms with E-state index in [2.05, 4.69) is 5.32 Å². The molecule has 0 spiro atoms. The molecule has 5 nitrogen and oxygen atoms in total. The molecule has 2 fully saturated rings. The summed E-state index contributed by atoms with van der Waals surface area (Å²) in [5.41, 5.74) is 0.506. The minimum absolute atomic E-state index is 0.0461. The predicted octanol–water partition coefficient (Wildman–Crippen LogP) is 1.53. The van der Waals surface area contributed by atoms with E-state index < -0.39 is 12.0 Å². The SMILES string of the molecule is COC(=O)C1C2CC[C@H](CC1OC(=O)c1ccccc1)N2. The smallest absolute Gasteiger partial charge is 0.338 e. The molecule has 0 aliphatic carbocycles. The van der Waals surface area contributed by atoms with Gasteiger partial charge in [0, 0.05) is 18.5 Å². The van der Waals surface area contributed by atoms with E-state index in [1.54, 1.807) is 24.3 Å². The number of fused-ring (bicyclic) bond motifs is 2. The van der Waals surface area contributed by atoms with E-state index in [1.165, 1.54) is 7.11 Å². The normalized spacial score (nSPS) is 30.7. The monoisotopic (exact) mass is 289 g/mol. The lowest BCUT2D eigenvalue weighted by atomic mass is 9.89. The highest BCUT2D eigenvalue weighted by Crippen LogP contribution is 2.34. The van der Waals surface area contributed by atoms with E-state index in [1.807, 2.05) is 6.07 Å².